The van der Waals surface area contributed by atoms with E-state index in [1.807, 2.05) is 23.2 Å². The first-order valence-electron chi connectivity index (χ1n) is 8.78. The maximum Gasteiger partial charge on any atom is 0.222 e. The Bertz CT molecular complexity index is 480. The summed E-state index contributed by atoms with van der Waals surface area (Å²) in [7, 11) is 0. The monoisotopic (exact) mass is 317 g/mol. The highest BCUT2D eigenvalue weighted by Gasteiger charge is 2.24. The van der Waals surface area contributed by atoms with Gasteiger partial charge in [-0.1, -0.05) is 6.07 Å². The molecule has 5 heteroatoms. The van der Waals surface area contributed by atoms with Gasteiger partial charge in [0.15, 0.2) is 0 Å². The number of amides is 1. The summed E-state index contributed by atoms with van der Waals surface area (Å²) >= 11 is 0. The zero-order chi connectivity index (χ0) is 15.9. The van der Waals surface area contributed by atoms with Crippen LogP contribution in [0.3, 0.4) is 0 Å². The van der Waals surface area contributed by atoms with Crippen molar-refractivity contribution in [3.63, 3.8) is 0 Å². The van der Waals surface area contributed by atoms with Crippen LogP contribution in [-0.2, 0) is 16.0 Å². The molecule has 0 aliphatic carbocycles. The zero-order valence-electron chi connectivity index (χ0n) is 13.8. The van der Waals surface area contributed by atoms with Gasteiger partial charge in [0.05, 0.1) is 13.2 Å². The summed E-state index contributed by atoms with van der Waals surface area (Å²) in [6.45, 7) is 6.86. The molecule has 0 aromatic carbocycles. The summed E-state index contributed by atoms with van der Waals surface area (Å²) in [6.07, 6.45) is 7.28. The van der Waals surface area contributed by atoms with Gasteiger partial charge in [-0.25, -0.2) is 0 Å². The van der Waals surface area contributed by atoms with E-state index in [2.05, 4.69) is 9.88 Å². The first kappa shape index (κ1) is 16.4. The van der Waals surface area contributed by atoms with Crippen LogP contribution in [0, 0.1) is 5.92 Å². The number of ether oxygens (including phenoxy) is 1. The molecule has 5 nitrogen and oxygen atoms in total. The Morgan fingerprint density at radius 3 is 2.70 bits per heavy atom. The first-order chi connectivity index (χ1) is 11.3. The van der Waals surface area contributed by atoms with Gasteiger partial charge in [-0.15, -0.1) is 0 Å². The van der Waals surface area contributed by atoms with Crippen LogP contribution in [0.2, 0.25) is 0 Å². The molecule has 0 unspecified atom stereocenters. The second kappa shape index (κ2) is 8.41. The molecule has 1 aromatic heterocycles. The van der Waals surface area contributed by atoms with Crippen LogP contribution in [0.5, 0.6) is 0 Å². The Kier molecular flexibility index (Phi) is 6.00. The van der Waals surface area contributed by atoms with Crippen molar-refractivity contribution in [2.45, 2.75) is 25.7 Å². The average Bonchev–Trinajstić information content (AvgIpc) is 2.62. The molecule has 2 aliphatic heterocycles. The van der Waals surface area contributed by atoms with Crippen LogP contribution < -0.4 is 0 Å². The number of likely N-dealkylation sites (tertiary alicyclic amines) is 1. The number of rotatable bonds is 5. The number of hydrogen-bond acceptors (Lipinski definition) is 4. The largest absolute Gasteiger partial charge is 0.379 e. The average molecular weight is 317 g/mol. The highest BCUT2D eigenvalue weighted by Crippen LogP contribution is 2.20. The summed E-state index contributed by atoms with van der Waals surface area (Å²) in [5.41, 5.74) is 1.14. The van der Waals surface area contributed by atoms with Gasteiger partial charge in [-0.3, -0.25) is 14.7 Å². The summed E-state index contributed by atoms with van der Waals surface area (Å²) in [5, 5.41) is 0. The molecule has 126 valence electrons. The number of piperidine rings is 1. The van der Waals surface area contributed by atoms with Gasteiger partial charge in [0.25, 0.3) is 0 Å². The molecule has 2 aliphatic rings. The summed E-state index contributed by atoms with van der Waals surface area (Å²) < 4.78 is 5.40. The van der Waals surface area contributed by atoms with Crippen molar-refractivity contribution in [3.05, 3.63) is 30.1 Å². The zero-order valence-corrected chi connectivity index (χ0v) is 13.8. The molecular formula is C18H27N3O2. The van der Waals surface area contributed by atoms with Crippen molar-refractivity contribution in [2.24, 2.45) is 5.92 Å². The SMILES string of the molecule is O=C(CCc1cccnc1)N1CCC(CN2CCOCC2)CC1. The predicted molar refractivity (Wildman–Crippen MR) is 89.1 cm³/mol. The minimum Gasteiger partial charge on any atom is -0.379 e. The van der Waals surface area contributed by atoms with Crippen LogP contribution in [0.15, 0.2) is 24.5 Å². The van der Waals surface area contributed by atoms with E-state index in [4.69, 9.17) is 4.74 Å². The van der Waals surface area contributed by atoms with E-state index in [9.17, 15) is 4.79 Å². The fraction of sp³-hybridized carbons (Fsp3) is 0.667. The third kappa shape index (κ3) is 5.01. The Morgan fingerprint density at radius 1 is 1.22 bits per heavy atom. The van der Waals surface area contributed by atoms with E-state index in [1.165, 1.54) is 6.54 Å². The molecule has 1 amide bonds. The number of aryl methyl sites for hydroxylation is 1. The van der Waals surface area contributed by atoms with Gasteiger partial charge in [0.1, 0.15) is 0 Å². The molecule has 0 radical (unpaired) electrons. The van der Waals surface area contributed by atoms with Gasteiger partial charge in [0.2, 0.25) is 5.91 Å². The molecule has 3 rings (SSSR count). The third-order valence-electron chi connectivity index (χ3n) is 4.94. The van der Waals surface area contributed by atoms with Crippen molar-refractivity contribution in [1.82, 2.24) is 14.8 Å². The summed E-state index contributed by atoms with van der Waals surface area (Å²) in [6, 6.07) is 3.96. The fourth-order valence-electron chi connectivity index (χ4n) is 3.47. The van der Waals surface area contributed by atoms with E-state index in [1.54, 1.807) is 6.20 Å². The normalized spacial score (nSPS) is 20.6. The number of morpholine rings is 1. The smallest absolute Gasteiger partial charge is 0.222 e. The van der Waals surface area contributed by atoms with E-state index in [0.29, 0.717) is 12.3 Å². The number of aromatic nitrogens is 1. The lowest BCUT2D eigenvalue weighted by Crippen LogP contribution is -2.44. The topological polar surface area (TPSA) is 45.7 Å². The molecule has 0 N–H and O–H groups in total. The second-order valence-corrected chi connectivity index (χ2v) is 6.60. The highest BCUT2D eigenvalue weighted by atomic mass is 16.5. The Balaban J connectivity index is 1.37. The first-order valence-corrected chi connectivity index (χ1v) is 8.78. The molecule has 0 saturated carbocycles. The maximum atomic E-state index is 12.3. The van der Waals surface area contributed by atoms with Crippen molar-refractivity contribution in [3.8, 4) is 0 Å². The minimum absolute atomic E-state index is 0.290. The Morgan fingerprint density at radius 2 is 2.00 bits per heavy atom. The number of carbonyl (C=O) groups excluding carboxylic acids is 1. The van der Waals surface area contributed by atoms with Gasteiger partial charge in [-0.05, 0) is 36.8 Å². The van der Waals surface area contributed by atoms with Gasteiger partial charge < -0.3 is 9.64 Å². The van der Waals surface area contributed by atoms with Gasteiger partial charge in [0, 0.05) is 51.5 Å². The third-order valence-corrected chi connectivity index (χ3v) is 4.94. The number of hydrogen-bond donors (Lipinski definition) is 0. The molecule has 2 fully saturated rings. The molecule has 2 saturated heterocycles. The lowest BCUT2D eigenvalue weighted by atomic mass is 9.95. The minimum atomic E-state index is 0.290. The van der Waals surface area contributed by atoms with Crippen LogP contribution in [-0.4, -0.2) is 66.6 Å². The molecular weight excluding hydrogens is 290 g/mol. The van der Waals surface area contributed by atoms with Crippen molar-refractivity contribution in [1.29, 1.82) is 0 Å². The van der Waals surface area contributed by atoms with E-state index < -0.39 is 0 Å². The van der Waals surface area contributed by atoms with Crippen LogP contribution >= 0.6 is 0 Å². The van der Waals surface area contributed by atoms with E-state index >= 15 is 0 Å². The van der Waals surface area contributed by atoms with Crippen molar-refractivity contribution >= 4 is 5.91 Å². The molecule has 0 spiro atoms. The lowest BCUT2D eigenvalue weighted by Gasteiger charge is -2.36. The Labute approximate surface area is 138 Å². The standard InChI is InChI=1S/C18H27N3O2/c22-18(4-3-16-2-1-7-19-14-16)21-8-5-17(6-9-21)15-20-10-12-23-13-11-20/h1-2,7,14,17H,3-6,8-13,15H2. The number of nitrogens with zero attached hydrogens (tertiary/aromatic N) is 3. The maximum absolute atomic E-state index is 12.3. The second-order valence-electron chi connectivity index (χ2n) is 6.60. The van der Waals surface area contributed by atoms with Crippen LogP contribution in [0.25, 0.3) is 0 Å². The predicted octanol–water partition coefficient (Wildman–Crippen LogP) is 1.59. The molecule has 3 heterocycles. The molecule has 0 atom stereocenters. The van der Waals surface area contributed by atoms with Gasteiger partial charge in [-0.2, -0.15) is 0 Å². The van der Waals surface area contributed by atoms with Crippen LogP contribution in [0.4, 0.5) is 0 Å². The van der Waals surface area contributed by atoms with Crippen molar-refractivity contribution in [2.75, 3.05) is 45.9 Å². The molecule has 23 heavy (non-hydrogen) atoms. The number of carbonyl (C=O) groups is 1. The highest BCUT2D eigenvalue weighted by molar-refractivity contribution is 5.76. The lowest BCUT2D eigenvalue weighted by molar-refractivity contribution is -0.132. The fourth-order valence-corrected chi connectivity index (χ4v) is 3.47. The van der Waals surface area contributed by atoms with E-state index in [-0.39, 0.29) is 0 Å². The number of pyridine rings is 1. The Hall–Kier alpha value is -1.46. The van der Waals surface area contributed by atoms with Gasteiger partial charge >= 0.3 is 0 Å². The van der Waals surface area contributed by atoms with E-state index in [0.717, 1.165) is 70.1 Å². The van der Waals surface area contributed by atoms with Crippen molar-refractivity contribution < 1.29 is 9.53 Å². The summed E-state index contributed by atoms with van der Waals surface area (Å²) in [4.78, 5) is 21.0. The quantitative estimate of drug-likeness (QED) is 0.827. The van der Waals surface area contributed by atoms with Crippen LogP contribution in [0.1, 0.15) is 24.8 Å². The molecule has 1 aromatic rings. The summed E-state index contributed by atoms with van der Waals surface area (Å²) in [5.74, 6) is 1.02. The molecule has 0 bridgehead atoms.